The molecule has 0 aromatic heterocycles. The van der Waals surface area contributed by atoms with Gasteiger partial charge in [0.05, 0.1) is 6.04 Å². The molecule has 1 aliphatic rings. The normalized spacial score (nSPS) is 32.3. The van der Waals surface area contributed by atoms with Crippen molar-refractivity contribution in [3.63, 3.8) is 0 Å². The van der Waals surface area contributed by atoms with Crippen LogP contribution in [0.25, 0.3) is 0 Å². The monoisotopic (exact) mass is 128 g/mol. The van der Waals surface area contributed by atoms with Crippen molar-refractivity contribution in [1.82, 2.24) is 5.32 Å². The predicted molar refractivity (Wildman–Crippen MR) is 34.8 cm³/mol. The lowest BCUT2D eigenvalue weighted by molar-refractivity contribution is -0.120. The van der Waals surface area contributed by atoms with Crippen LogP contribution in [0.15, 0.2) is 0 Å². The molecule has 3 nitrogen and oxygen atoms in total. The van der Waals surface area contributed by atoms with E-state index in [0.29, 0.717) is 6.54 Å². The minimum atomic E-state index is -0.322. The summed E-state index contributed by atoms with van der Waals surface area (Å²) in [5.41, 5.74) is 5.49. The van der Waals surface area contributed by atoms with Gasteiger partial charge in [0.15, 0.2) is 0 Å². The Morgan fingerprint density at radius 2 is 2.33 bits per heavy atom. The van der Waals surface area contributed by atoms with Gasteiger partial charge in [-0.05, 0) is 0 Å². The Morgan fingerprint density at radius 3 is 2.44 bits per heavy atom. The van der Waals surface area contributed by atoms with E-state index >= 15 is 0 Å². The van der Waals surface area contributed by atoms with Crippen molar-refractivity contribution in [2.24, 2.45) is 11.1 Å². The highest BCUT2D eigenvalue weighted by Crippen LogP contribution is 2.22. The van der Waals surface area contributed by atoms with Gasteiger partial charge in [-0.1, -0.05) is 13.8 Å². The maximum atomic E-state index is 10.8. The minimum absolute atomic E-state index is 0.0278. The third kappa shape index (κ3) is 0.920. The smallest absolute Gasteiger partial charge is 0.237 e. The summed E-state index contributed by atoms with van der Waals surface area (Å²) in [6, 6.07) is -0.322. The molecule has 0 spiro atoms. The lowest BCUT2D eigenvalue weighted by atomic mass is 9.88. The highest BCUT2D eigenvalue weighted by Gasteiger charge is 2.37. The summed E-state index contributed by atoms with van der Waals surface area (Å²) >= 11 is 0. The number of amides is 1. The molecule has 1 rings (SSSR count). The van der Waals surface area contributed by atoms with Gasteiger partial charge in [0.1, 0.15) is 0 Å². The van der Waals surface area contributed by atoms with Crippen LogP contribution >= 0.6 is 0 Å². The van der Waals surface area contributed by atoms with Gasteiger partial charge < -0.3 is 11.1 Å². The second-order valence-corrected chi connectivity index (χ2v) is 3.18. The summed E-state index contributed by atoms with van der Waals surface area (Å²) in [7, 11) is 0. The number of hydrogen-bond donors (Lipinski definition) is 2. The quantitative estimate of drug-likeness (QED) is 0.461. The van der Waals surface area contributed by atoms with Crippen LogP contribution in [0.4, 0.5) is 0 Å². The third-order valence-corrected chi connectivity index (χ3v) is 1.84. The molecule has 0 aromatic rings. The summed E-state index contributed by atoms with van der Waals surface area (Å²) < 4.78 is 0. The maximum Gasteiger partial charge on any atom is 0.237 e. The Labute approximate surface area is 54.6 Å². The standard InChI is InChI=1S/C6H12N2O/c1-6(2)3-8-5(9)4(6)7/h4H,3,7H2,1-2H3,(H,8,9). The van der Waals surface area contributed by atoms with E-state index in [-0.39, 0.29) is 17.4 Å². The molecule has 52 valence electrons. The molecule has 1 atom stereocenters. The minimum Gasteiger partial charge on any atom is -0.354 e. The van der Waals surface area contributed by atoms with Crippen molar-refractivity contribution < 1.29 is 4.79 Å². The number of nitrogens with two attached hydrogens (primary N) is 1. The second-order valence-electron chi connectivity index (χ2n) is 3.18. The van der Waals surface area contributed by atoms with Gasteiger partial charge in [-0.2, -0.15) is 0 Å². The molecular weight excluding hydrogens is 116 g/mol. The molecule has 9 heavy (non-hydrogen) atoms. The first-order chi connectivity index (χ1) is 4.04. The first-order valence-electron chi connectivity index (χ1n) is 3.07. The van der Waals surface area contributed by atoms with Gasteiger partial charge in [-0.25, -0.2) is 0 Å². The number of carbonyl (C=O) groups is 1. The molecule has 0 radical (unpaired) electrons. The molecule has 1 aliphatic heterocycles. The number of rotatable bonds is 0. The number of nitrogens with one attached hydrogen (secondary N) is 1. The van der Waals surface area contributed by atoms with E-state index in [4.69, 9.17) is 5.73 Å². The molecule has 1 fully saturated rings. The zero-order chi connectivity index (χ0) is 7.07. The van der Waals surface area contributed by atoms with Crippen LogP contribution in [0, 0.1) is 5.41 Å². The van der Waals surface area contributed by atoms with Gasteiger partial charge >= 0.3 is 0 Å². The zero-order valence-electron chi connectivity index (χ0n) is 5.77. The maximum absolute atomic E-state index is 10.8. The van der Waals surface area contributed by atoms with Crippen LogP contribution in [-0.2, 0) is 4.79 Å². The van der Waals surface area contributed by atoms with Crippen LogP contribution in [0.3, 0.4) is 0 Å². The third-order valence-electron chi connectivity index (χ3n) is 1.84. The summed E-state index contributed by atoms with van der Waals surface area (Å²) in [4.78, 5) is 10.8. The fourth-order valence-electron chi connectivity index (χ4n) is 0.890. The lowest BCUT2D eigenvalue weighted by Gasteiger charge is -2.18. The lowest BCUT2D eigenvalue weighted by Crippen LogP contribution is -2.38. The average molecular weight is 128 g/mol. The van der Waals surface area contributed by atoms with E-state index in [2.05, 4.69) is 5.32 Å². The molecular formula is C6H12N2O. The zero-order valence-corrected chi connectivity index (χ0v) is 5.77. The van der Waals surface area contributed by atoms with Crippen LogP contribution in [-0.4, -0.2) is 18.5 Å². The first kappa shape index (κ1) is 6.55. The second kappa shape index (κ2) is 1.70. The Bertz CT molecular complexity index is 142. The van der Waals surface area contributed by atoms with E-state index in [1.807, 2.05) is 13.8 Å². The van der Waals surface area contributed by atoms with Gasteiger partial charge in [0.25, 0.3) is 0 Å². The molecule has 0 bridgehead atoms. The molecule has 1 amide bonds. The highest BCUT2D eigenvalue weighted by molar-refractivity contribution is 5.84. The van der Waals surface area contributed by atoms with Crippen molar-refractivity contribution in [3.8, 4) is 0 Å². The topological polar surface area (TPSA) is 55.1 Å². The Hall–Kier alpha value is -0.570. The summed E-state index contributed by atoms with van der Waals surface area (Å²) in [6.07, 6.45) is 0. The van der Waals surface area contributed by atoms with Crippen molar-refractivity contribution in [1.29, 1.82) is 0 Å². The fourth-order valence-corrected chi connectivity index (χ4v) is 0.890. The van der Waals surface area contributed by atoms with E-state index < -0.39 is 0 Å². The molecule has 3 heteroatoms. The van der Waals surface area contributed by atoms with Gasteiger partial charge in [-0.3, -0.25) is 4.79 Å². The van der Waals surface area contributed by atoms with Crippen LogP contribution in [0.2, 0.25) is 0 Å². The summed E-state index contributed by atoms with van der Waals surface area (Å²) in [6.45, 7) is 4.66. The summed E-state index contributed by atoms with van der Waals surface area (Å²) in [5, 5.41) is 2.70. The van der Waals surface area contributed by atoms with Crippen molar-refractivity contribution in [3.05, 3.63) is 0 Å². The first-order valence-corrected chi connectivity index (χ1v) is 3.07. The Kier molecular flexibility index (Phi) is 1.24. The molecule has 1 unspecified atom stereocenters. The SMILES string of the molecule is CC1(C)CNC(=O)C1N. The van der Waals surface area contributed by atoms with Crippen molar-refractivity contribution >= 4 is 5.91 Å². The molecule has 1 saturated heterocycles. The van der Waals surface area contributed by atoms with Gasteiger partial charge in [0, 0.05) is 12.0 Å². The van der Waals surface area contributed by atoms with E-state index in [9.17, 15) is 4.79 Å². The van der Waals surface area contributed by atoms with Crippen LogP contribution in [0.1, 0.15) is 13.8 Å². The fraction of sp³-hybridized carbons (Fsp3) is 0.833. The Balaban J connectivity index is 2.73. The number of carbonyl (C=O) groups excluding carboxylic acids is 1. The van der Waals surface area contributed by atoms with Gasteiger partial charge in [0.2, 0.25) is 5.91 Å². The van der Waals surface area contributed by atoms with Gasteiger partial charge in [-0.15, -0.1) is 0 Å². The van der Waals surface area contributed by atoms with E-state index in [1.165, 1.54) is 0 Å². The summed E-state index contributed by atoms with van der Waals surface area (Å²) in [5.74, 6) is -0.0278. The number of hydrogen-bond acceptors (Lipinski definition) is 2. The molecule has 1 heterocycles. The molecule has 0 aromatic carbocycles. The highest BCUT2D eigenvalue weighted by atomic mass is 16.2. The van der Waals surface area contributed by atoms with Crippen LogP contribution < -0.4 is 11.1 Å². The average Bonchev–Trinajstić information content (AvgIpc) is 1.97. The van der Waals surface area contributed by atoms with Crippen molar-refractivity contribution in [2.75, 3.05) is 6.54 Å². The van der Waals surface area contributed by atoms with E-state index in [1.54, 1.807) is 0 Å². The predicted octanol–water partition coefficient (Wildman–Crippen LogP) is -0.530. The molecule has 3 N–H and O–H groups in total. The molecule has 0 aliphatic carbocycles. The van der Waals surface area contributed by atoms with Crippen LogP contribution in [0.5, 0.6) is 0 Å². The largest absolute Gasteiger partial charge is 0.354 e. The Morgan fingerprint density at radius 1 is 1.78 bits per heavy atom. The van der Waals surface area contributed by atoms with E-state index in [0.717, 1.165) is 0 Å². The van der Waals surface area contributed by atoms with Crippen molar-refractivity contribution in [2.45, 2.75) is 19.9 Å². The molecule has 0 saturated carbocycles.